The molecule has 0 atom stereocenters. The maximum Gasteiger partial charge on any atom is 0.272 e. The highest BCUT2D eigenvalue weighted by Gasteiger charge is 2.23. The molecule has 1 heterocycles. The van der Waals surface area contributed by atoms with Crippen LogP contribution in [0, 0.1) is 0 Å². The summed E-state index contributed by atoms with van der Waals surface area (Å²) in [5.41, 5.74) is 1.38. The molecule has 20 heavy (non-hydrogen) atoms. The topological polar surface area (TPSA) is 34.0 Å². The van der Waals surface area contributed by atoms with E-state index in [1.807, 2.05) is 30.5 Å². The minimum atomic E-state index is -0.107. The van der Waals surface area contributed by atoms with E-state index in [1.165, 1.54) is 6.42 Å². The summed E-state index contributed by atoms with van der Waals surface area (Å²) in [6, 6.07) is 9.65. The van der Waals surface area contributed by atoms with Crippen molar-refractivity contribution in [3.8, 4) is 0 Å². The van der Waals surface area contributed by atoms with E-state index in [-0.39, 0.29) is 5.91 Å². The summed E-state index contributed by atoms with van der Waals surface area (Å²) in [5, 5.41) is 3.49. The van der Waals surface area contributed by atoms with Crippen molar-refractivity contribution in [3.05, 3.63) is 51.7 Å². The highest BCUT2D eigenvalue weighted by Crippen LogP contribution is 2.34. The van der Waals surface area contributed by atoms with Crippen LogP contribution in [0.25, 0.3) is 0 Å². The number of carbonyl (C=O) groups is 1. The van der Waals surface area contributed by atoms with Crippen molar-refractivity contribution in [2.75, 3.05) is 5.32 Å². The highest BCUT2D eigenvalue weighted by molar-refractivity contribution is 9.10. The molecule has 1 amide bonds. The summed E-state index contributed by atoms with van der Waals surface area (Å²) in [7, 11) is 0. The third kappa shape index (κ3) is 2.50. The molecular weight excluding hydrogens is 340 g/mol. The first-order chi connectivity index (χ1) is 9.66. The fraction of sp³-hybridized carbons (Fsp3) is 0.267. The number of hydrogen-bond donors (Lipinski definition) is 1. The number of anilines is 1. The first kappa shape index (κ1) is 13.7. The van der Waals surface area contributed by atoms with Crippen LogP contribution in [0.3, 0.4) is 0 Å². The molecule has 1 aliphatic rings. The summed E-state index contributed by atoms with van der Waals surface area (Å²) in [5.74, 6) is -0.107. The van der Waals surface area contributed by atoms with E-state index in [0.29, 0.717) is 26.9 Å². The van der Waals surface area contributed by atoms with Gasteiger partial charge in [0.2, 0.25) is 0 Å². The standard InChI is InChI=1S/C15H14BrClN2O/c16-14-11(17)6-2-7-12(14)18-15(20)13-8-3-9-19(13)10-4-1-5-10/h2-3,6-10H,1,4-5H2,(H,18,20). The van der Waals surface area contributed by atoms with E-state index >= 15 is 0 Å². The molecule has 0 saturated heterocycles. The van der Waals surface area contributed by atoms with Crippen LogP contribution in [0.5, 0.6) is 0 Å². The van der Waals surface area contributed by atoms with Gasteiger partial charge in [0.05, 0.1) is 15.2 Å². The Balaban J connectivity index is 1.83. The predicted molar refractivity (Wildman–Crippen MR) is 84.4 cm³/mol. The second-order valence-corrected chi connectivity index (χ2v) is 6.14. The number of amides is 1. The minimum absolute atomic E-state index is 0.107. The molecular formula is C15H14BrClN2O. The van der Waals surface area contributed by atoms with Gasteiger partial charge in [0.15, 0.2) is 0 Å². The van der Waals surface area contributed by atoms with Crippen LogP contribution in [0.15, 0.2) is 41.0 Å². The van der Waals surface area contributed by atoms with Crippen molar-refractivity contribution in [3.63, 3.8) is 0 Å². The molecule has 0 bridgehead atoms. The molecule has 5 heteroatoms. The summed E-state index contributed by atoms with van der Waals surface area (Å²) in [6.07, 6.45) is 5.52. The summed E-state index contributed by atoms with van der Waals surface area (Å²) in [6.45, 7) is 0. The molecule has 2 aromatic rings. The largest absolute Gasteiger partial charge is 0.340 e. The molecule has 0 radical (unpaired) electrons. The van der Waals surface area contributed by atoms with Crippen LogP contribution >= 0.6 is 27.5 Å². The molecule has 3 nitrogen and oxygen atoms in total. The minimum Gasteiger partial charge on any atom is -0.340 e. The number of halogens is 2. The van der Waals surface area contributed by atoms with E-state index in [0.717, 1.165) is 12.8 Å². The van der Waals surface area contributed by atoms with Crippen LogP contribution < -0.4 is 5.32 Å². The SMILES string of the molecule is O=C(Nc1cccc(Cl)c1Br)c1cccn1C1CCC1. The second kappa shape index (κ2) is 5.62. The lowest BCUT2D eigenvalue weighted by molar-refractivity contribution is 0.101. The zero-order valence-electron chi connectivity index (χ0n) is 10.8. The maximum atomic E-state index is 12.4. The molecule has 1 saturated carbocycles. The van der Waals surface area contributed by atoms with E-state index in [2.05, 4.69) is 25.8 Å². The van der Waals surface area contributed by atoms with Crippen molar-refractivity contribution in [2.24, 2.45) is 0 Å². The van der Waals surface area contributed by atoms with Gasteiger partial charge in [-0.2, -0.15) is 0 Å². The Morgan fingerprint density at radius 3 is 2.80 bits per heavy atom. The normalized spacial score (nSPS) is 14.9. The lowest BCUT2D eigenvalue weighted by Gasteiger charge is -2.28. The van der Waals surface area contributed by atoms with Crippen LogP contribution in [0.4, 0.5) is 5.69 Å². The molecule has 1 aromatic heterocycles. The molecule has 1 N–H and O–H groups in total. The van der Waals surface area contributed by atoms with Gasteiger partial charge < -0.3 is 9.88 Å². The van der Waals surface area contributed by atoms with E-state index in [9.17, 15) is 4.79 Å². The molecule has 3 rings (SSSR count). The van der Waals surface area contributed by atoms with Gasteiger partial charge >= 0.3 is 0 Å². The molecule has 0 unspecified atom stereocenters. The lowest BCUT2D eigenvalue weighted by atomic mass is 9.93. The zero-order chi connectivity index (χ0) is 14.1. The Kier molecular flexibility index (Phi) is 3.85. The fourth-order valence-corrected chi connectivity index (χ4v) is 2.89. The summed E-state index contributed by atoms with van der Waals surface area (Å²) < 4.78 is 2.77. The van der Waals surface area contributed by atoms with E-state index in [4.69, 9.17) is 11.6 Å². The van der Waals surface area contributed by atoms with Crippen LogP contribution in [-0.2, 0) is 0 Å². The maximum absolute atomic E-state index is 12.4. The highest BCUT2D eigenvalue weighted by atomic mass is 79.9. The van der Waals surface area contributed by atoms with Gasteiger partial charge in [-0.3, -0.25) is 4.79 Å². The van der Waals surface area contributed by atoms with Crippen molar-refractivity contribution in [1.29, 1.82) is 0 Å². The van der Waals surface area contributed by atoms with Gasteiger partial charge in [-0.25, -0.2) is 0 Å². The van der Waals surface area contributed by atoms with Gasteiger partial charge in [0.1, 0.15) is 5.69 Å². The predicted octanol–water partition coefficient (Wildman–Crippen LogP) is 4.88. The lowest BCUT2D eigenvalue weighted by Crippen LogP contribution is -2.23. The van der Waals surface area contributed by atoms with Crippen LogP contribution in [-0.4, -0.2) is 10.5 Å². The molecule has 1 fully saturated rings. The van der Waals surface area contributed by atoms with Crippen molar-refractivity contribution < 1.29 is 4.79 Å². The van der Waals surface area contributed by atoms with Crippen molar-refractivity contribution >= 4 is 39.1 Å². The van der Waals surface area contributed by atoms with E-state index in [1.54, 1.807) is 6.07 Å². The Labute approximate surface area is 131 Å². The third-order valence-corrected chi connectivity index (χ3v) is 5.08. The van der Waals surface area contributed by atoms with Crippen LogP contribution in [0.2, 0.25) is 5.02 Å². The molecule has 0 spiro atoms. The van der Waals surface area contributed by atoms with Crippen LogP contribution in [0.1, 0.15) is 35.8 Å². The third-order valence-electron chi connectivity index (χ3n) is 3.68. The fourth-order valence-electron chi connectivity index (χ4n) is 2.36. The Bertz CT molecular complexity index is 649. The Morgan fingerprint density at radius 2 is 2.10 bits per heavy atom. The van der Waals surface area contributed by atoms with Crippen molar-refractivity contribution in [2.45, 2.75) is 25.3 Å². The molecule has 1 aliphatic carbocycles. The first-order valence-electron chi connectivity index (χ1n) is 6.59. The zero-order valence-corrected chi connectivity index (χ0v) is 13.1. The number of hydrogen-bond acceptors (Lipinski definition) is 1. The van der Waals surface area contributed by atoms with Gasteiger partial charge in [-0.1, -0.05) is 17.7 Å². The number of aromatic nitrogens is 1. The second-order valence-electron chi connectivity index (χ2n) is 4.94. The molecule has 104 valence electrons. The van der Waals surface area contributed by atoms with Crippen molar-refractivity contribution in [1.82, 2.24) is 4.57 Å². The van der Waals surface area contributed by atoms with Gasteiger partial charge in [-0.05, 0) is 59.5 Å². The summed E-state index contributed by atoms with van der Waals surface area (Å²) in [4.78, 5) is 12.4. The van der Waals surface area contributed by atoms with E-state index < -0.39 is 0 Å². The smallest absolute Gasteiger partial charge is 0.272 e. The number of carbonyl (C=O) groups excluding carboxylic acids is 1. The Morgan fingerprint density at radius 1 is 1.30 bits per heavy atom. The number of nitrogens with one attached hydrogen (secondary N) is 1. The van der Waals surface area contributed by atoms with Gasteiger partial charge in [0, 0.05) is 12.2 Å². The number of rotatable bonds is 3. The average molecular weight is 354 g/mol. The van der Waals surface area contributed by atoms with Gasteiger partial charge in [0.25, 0.3) is 5.91 Å². The van der Waals surface area contributed by atoms with Gasteiger partial charge in [-0.15, -0.1) is 0 Å². The number of nitrogens with zero attached hydrogens (tertiary/aromatic N) is 1. The Hall–Kier alpha value is -1.26. The molecule has 0 aliphatic heterocycles. The summed E-state index contributed by atoms with van der Waals surface area (Å²) >= 11 is 9.42. The molecule has 1 aromatic carbocycles. The monoisotopic (exact) mass is 352 g/mol. The first-order valence-corrected chi connectivity index (χ1v) is 7.76. The quantitative estimate of drug-likeness (QED) is 0.838. The average Bonchev–Trinajstić information content (AvgIpc) is 2.82. The number of benzene rings is 1.